The molecule has 1 unspecified atom stereocenters. The van der Waals surface area contributed by atoms with Crippen molar-refractivity contribution in [1.29, 1.82) is 5.26 Å². The number of nitriles is 1. The number of rotatable bonds is 14. The van der Waals surface area contributed by atoms with Gasteiger partial charge in [-0.15, -0.1) is 0 Å². The van der Waals surface area contributed by atoms with Crippen LogP contribution >= 0.6 is 0 Å². The maximum Gasteiger partial charge on any atom is 0.245 e. The smallest absolute Gasteiger partial charge is 0.245 e. The number of hydrogen-bond acceptors (Lipinski definition) is 6. The van der Waals surface area contributed by atoms with Crippen LogP contribution < -0.4 is 11.1 Å². The van der Waals surface area contributed by atoms with Crippen molar-refractivity contribution in [2.75, 3.05) is 33.0 Å². The van der Waals surface area contributed by atoms with Gasteiger partial charge in [-0.3, -0.25) is 9.59 Å². The fourth-order valence-corrected chi connectivity index (χ4v) is 3.17. The van der Waals surface area contributed by atoms with E-state index in [-0.39, 0.29) is 30.1 Å². The third-order valence-electron chi connectivity index (χ3n) is 4.63. The van der Waals surface area contributed by atoms with E-state index >= 15 is 0 Å². The number of ketones is 1. The summed E-state index contributed by atoms with van der Waals surface area (Å²) in [7, 11) is 0. The molecular weight excluding hydrogens is 334 g/mol. The number of nitrogens with one attached hydrogen (secondary N) is 1. The number of nitrogens with two attached hydrogens (primary N) is 1. The van der Waals surface area contributed by atoms with Crippen LogP contribution in [0.5, 0.6) is 0 Å². The van der Waals surface area contributed by atoms with Gasteiger partial charge in [0, 0.05) is 19.1 Å². The molecular formula is C19H33N3O4. The third-order valence-corrected chi connectivity index (χ3v) is 4.63. The summed E-state index contributed by atoms with van der Waals surface area (Å²) in [6, 6.07) is 1.72. The van der Waals surface area contributed by atoms with E-state index in [0.717, 1.165) is 38.5 Å². The molecule has 0 aromatic rings. The Hall–Kier alpha value is -1.49. The van der Waals surface area contributed by atoms with Crippen LogP contribution in [0.4, 0.5) is 0 Å². The Bertz CT molecular complexity index is 464. The molecule has 0 bridgehead atoms. The lowest BCUT2D eigenvalue weighted by Crippen LogP contribution is -2.37. The average molecular weight is 367 g/mol. The maximum absolute atomic E-state index is 12.3. The van der Waals surface area contributed by atoms with Gasteiger partial charge in [0.1, 0.15) is 6.61 Å². The normalized spacial score (nSPS) is 20.5. The molecule has 1 amide bonds. The third kappa shape index (κ3) is 8.75. The molecule has 1 aliphatic rings. The Labute approximate surface area is 156 Å². The van der Waals surface area contributed by atoms with Crippen molar-refractivity contribution in [3.8, 4) is 6.07 Å². The van der Waals surface area contributed by atoms with Gasteiger partial charge >= 0.3 is 0 Å². The van der Waals surface area contributed by atoms with Gasteiger partial charge in [-0.05, 0) is 38.5 Å². The SMILES string of the molecule is CCCOCCOCC(=O)NCCCC[C@H](N)C(=O)C1CCC[C@H]1C#N. The van der Waals surface area contributed by atoms with Gasteiger partial charge in [-0.1, -0.05) is 13.3 Å². The highest BCUT2D eigenvalue weighted by atomic mass is 16.5. The molecule has 0 aliphatic heterocycles. The minimum Gasteiger partial charge on any atom is -0.379 e. The van der Waals surface area contributed by atoms with Crippen molar-refractivity contribution in [3.63, 3.8) is 0 Å². The molecule has 1 rings (SSSR count). The van der Waals surface area contributed by atoms with Crippen molar-refractivity contribution in [2.24, 2.45) is 17.6 Å². The van der Waals surface area contributed by atoms with Crippen LogP contribution in [0.2, 0.25) is 0 Å². The molecule has 0 spiro atoms. The summed E-state index contributed by atoms with van der Waals surface area (Å²) in [6.07, 6.45) is 5.61. The Morgan fingerprint density at radius 1 is 1.23 bits per heavy atom. The zero-order valence-electron chi connectivity index (χ0n) is 15.9. The van der Waals surface area contributed by atoms with Gasteiger partial charge in [0.25, 0.3) is 0 Å². The lowest BCUT2D eigenvalue weighted by atomic mass is 9.88. The lowest BCUT2D eigenvalue weighted by molar-refractivity contribution is -0.126. The number of ether oxygens (including phenoxy) is 2. The van der Waals surface area contributed by atoms with Crippen molar-refractivity contribution < 1.29 is 19.1 Å². The van der Waals surface area contributed by atoms with Crippen LogP contribution in [-0.2, 0) is 19.1 Å². The van der Waals surface area contributed by atoms with Crippen molar-refractivity contribution in [2.45, 2.75) is 57.9 Å². The summed E-state index contributed by atoms with van der Waals surface area (Å²) >= 11 is 0. The molecule has 1 aliphatic carbocycles. The standard InChI is InChI=1S/C19H33N3O4/c1-2-10-25-11-12-26-14-18(23)22-9-4-3-8-17(21)19(24)16-7-5-6-15(16)13-20/h15-17H,2-12,14,21H2,1H3,(H,22,23)/t15-,16?,17-/m0/s1. The Morgan fingerprint density at radius 3 is 2.73 bits per heavy atom. The van der Waals surface area contributed by atoms with Crippen molar-refractivity contribution in [3.05, 3.63) is 0 Å². The lowest BCUT2D eigenvalue weighted by Gasteiger charge is -2.17. The predicted molar refractivity (Wildman–Crippen MR) is 98.2 cm³/mol. The minimum atomic E-state index is -0.504. The summed E-state index contributed by atoms with van der Waals surface area (Å²) in [5, 5.41) is 11.9. The molecule has 7 heteroatoms. The number of unbranched alkanes of at least 4 members (excludes halogenated alkanes) is 1. The summed E-state index contributed by atoms with van der Waals surface area (Å²) in [5.41, 5.74) is 5.99. The molecule has 3 atom stereocenters. The van der Waals surface area contributed by atoms with E-state index in [1.807, 2.05) is 6.92 Å². The Balaban J connectivity index is 2.03. The molecule has 7 nitrogen and oxygen atoms in total. The van der Waals surface area contributed by atoms with E-state index in [2.05, 4.69) is 11.4 Å². The first-order chi connectivity index (χ1) is 12.6. The van der Waals surface area contributed by atoms with Crippen LogP contribution in [0.3, 0.4) is 0 Å². The average Bonchev–Trinajstić information content (AvgIpc) is 3.12. The van der Waals surface area contributed by atoms with E-state index in [4.69, 9.17) is 20.5 Å². The Morgan fingerprint density at radius 2 is 2.00 bits per heavy atom. The number of carbonyl (C=O) groups is 2. The van der Waals surface area contributed by atoms with Gasteiger partial charge in [0.2, 0.25) is 5.91 Å². The van der Waals surface area contributed by atoms with Gasteiger partial charge in [0.15, 0.2) is 5.78 Å². The number of carbonyl (C=O) groups excluding carboxylic acids is 2. The van der Waals surface area contributed by atoms with E-state index < -0.39 is 6.04 Å². The van der Waals surface area contributed by atoms with Gasteiger partial charge in [0.05, 0.1) is 31.2 Å². The van der Waals surface area contributed by atoms with E-state index in [9.17, 15) is 9.59 Å². The molecule has 0 radical (unpaired) electrons. The minimum absolute atomic E-state index is 0.0248. The topological polar surface area (TPSA) is 114 Å². The quantitative estimate of drug-likeness (QED) is 0.450. The molecule has 0 aromatic heterocycles. The summed E-state index contributed by atoms with van der Waals surface area (Å²) in [5.74, 6) is -0.478. The van der Waals surface area contributed by atoms with Crippen LogP contribution in [0.15, 0.2) is 0 Å². The van der Waals surface area contributed by atoms with E-state index in [0.29, 0.717) is 32.8 Å². The maximum atomic E-state index is 12.3. The fraction of sp³-hybridized carbons (Fsp3) is 0.842. The molecule has 148 valence electrons. The molecule has 1 fully saturated rings. The van der Waals surface area contributed by atoms with Crippen LogP contribution in [0, 0.1) is 23.2 Å². The van der Waals surface area contributed by atoms with Gasteiger partial charge < -0.3 is 20.5 Å². The van der Waals surface area contributed by atoms with Crippen LogP contribution in [-0.4, -0.2) is 50.7 Å². The number of Topliss-reactive ketones (excluding diaryl/α,β-unsaturated/α-hetero) is 1. The van der Waals surface area contributed by atoms with E-state index in [1.165, 1.54) is 0 Å². The first-order valence-corrected chi connectivity index (χ1v) is 9.71. The summed E-state index contributed by atoms with van der Waals surface area (Å²) in [6.45, 7) is 4.23. The highest BCUT2D eigenvalue weighted by Gasteiger charge is 2.35. The highest BCUT2D eigenvalue weighted by Crippen LogP contribution is 2.32. The van der Waals surface area contributed by atoms with Crippen molar-refractivity contribution in [1.82, 2.24) is 5.32 Å². The summed E-state index contributed by atoms with van der Waals surface area (Å²) in [4.78, 5) is 23.9. The van der Waals surface area contributed by atoms with Crippen molar-refractivity contribution >= 4 is 11.7 Å². The zero-order valence-corrected chi connectivity index (χ0v) is 15.9. The zero-order chi connectivity index (χ0) is 19.2. The second kappa shape index (κ2) is 13.7. The Kier molecular flexibility index (Phi) is 11.9. The van der Waals surface area contributed by atoms with E-state index in [1.54, 1.807) is 0 Å². The molecule has 0 aromatic carbocycles. The molecule has 26 heavy (non-hydrogen) atoms. The monoisotopic (exact) mass is 367 g/mol. The fourth-order valence-electron chi connectivity index (χ4n) is 3.17. The highest BCUT2D eigenvalue weighted by molar-refractivity contribution is 5.86. The van der Waals surface area contributed by atoms with Crippen LogP contribution in [0.25, 0.3) is 0 Å². The number of amides is 1. The number of nitrogens with zero attached hydrogens (tertiary/aromatic N) is 1. The summed E-state index contributed by atoms with van der Waals surface area (Å²) < 4.78 is 10.5. The largest absolute Gasteiger partial charge is 0.379 e. The van der Waals surface area contributed by atoms with Gasteiger partial charge in [-0.25, -0.2) is 0 Å². The number of hydrogen-bond donors (Lipinski definition) is 2. The molecule has 3 N–H and O–H groups in total. The first kappa shape index (κ1) is 22.6. The molecule has 1 saturated carbocycles. The second-order valence-corrected chi connectivity index (χ2v) is 6.79. The molecule has 0 heterocycles. The van der Waals surface area contributed by atoms with Crippen LogP contribution in [0.1, 0.15) is 51.9 Å². The first-order valence-electron chi connectivity index (χ1n) is 9.71. The predicted octanol–water partition coefficient (Wildman–Crippen LogP) is 1.55. The molecule has 0 saturated heterocycles. The second-order valence-electron chi connectivity index (χ2n) is 6.79. The van der Waals surface area contributed by atoms with Gasteiger partial charge in [-0.2, -0.15) is 5.26 Å².